The molecule has 4 aromatic rings. The molecule has 0 radical (unpaired) electrons. The highest BCUT2D eigenvalue weighted by molar-refractivity contribution is 7.22. The molecule has 0 fully saturated rings. The van der Waals surface area contributed by atoms with E-state index in [9.17, 15) is 9.18 Å². The Labute approximate surface area is 182 Å². The summed E-state index contributed by atoms with van der Waals surface area (Å²) in [4.78, 5) is 17.8. The number of thiazole rings is 1. The molecule has 0 aliphatic carbocycles. The van der Waals surface area contributed by atoms with Crippen molar-refractivity contribution in [2.45, 2.75) is 5.92 Å². The molecule has 0 bridgehead atoms. The summed E-state index contributed by atoms with van der Waals surface area (Å²) in [6.45, 7) is 0.327. The van der Waals surface area contributed by atoms with Gasteiger partial charge in [0.1, 0.15) is 11.6 Å². The van der Waals surface area contributed by atoms with E-state index < -0.39 is 5.92 Å². The third-order valence-electron chi connectivity index (χ3n) is 4.75. The second-order valence-electron chi connectivity index (χ2n) is 6.71. The molecule has 4 rings (SSSR count). The normalized spacial score (nSPS) is 12.0. The Morgan fingerprint density at radius 1 is 1.17 bits per heavy atom. The predicted molar refractivity (Wildman–Crippen MR) is 120 cm³/mol. The summed E-state index contributed by atoms with van der Waals surface area (Å²) in [5, 5.41) is 4.54. The van der Waals surface area contributed by atoms with Gasteiger partial charge in [-0.3, -0.25) is 4.79 Å². The molecule has 152 valence electrons. The number of benzene rings is 3. The molecule has 0 amide bonds. The van der Waals surface area contributed by atoms with Gasteiger partial charge in [-0.1, -0.05) is 35.1 Å². The van der Waals surface area contributed by atoms with Crippen LogP contribution in [0.2, 0.25) is 5.02 Å². The van der Waals surface area contributed by atoms with Crippen LogP contribution < -0.4 is 10.1 Å². The van der Waals surface area contributed by atoms with Gasteiger partial charge in [0.15, 0.2) is 10.9 Å². The number of anilines is 1. The molecule has 0 aliphatic heterocycles. The number of halogens is 2. The molecule has 0 aliphatic rings. The van der Waals surface area contributed by atoms with E-state index in [-0.39, 0.29) is 11.6 Å². The molecule has 1 heterocycles. The molecular formula is C23H18ClFN2O2S. The van der Waals surface area contributed by atoms with E-state index in [1.165, 1.54) is 35.6 Å². The number of ether oxygens (including phenoxy) is 1. The number of hydrogen-bond donors (Lipinski definition) is 1. The topological polar surface area (TPSA) is 51.2 Å². The van der Waals surface area contributed by atoms with E-state index in [1.807, 2.05) is 30.3 Å². The van der Waals surface area contributed by atoms with Crippen LogP contribution in [0, 0.1) is 5.82 Å². The monoisotopic (exact) mass is 440 g/mol. The van der Waals surface area contributed by atoms with Crippen LogP contribution in [0.15, 0.2) is 66.7 Å². The Morgan fingerprint density at radius 2 is 1.97 bits per heavy atom. The van der Waals surface area contributed by atoms with Crippen molar-refractivity contribution in [1.82, 2.24) is 4.98 Å². The average molecular weight is 441 g/mol. The Morgan fingerprint density at radius 3 is 2.70 bits per heavy atom. The molecule has 3 aromatic carbocycles. The fourth-order valence-corrected chi connectivity index (χ4v) is 4.30. The van der Waals surface area contributed by atoms with Gasteiger partial charge in [-0.25, -0.2) is 9.37 Å². The standard InChI is InChI=1S/C23H18ClFN2O2S/c1-29-18-9-10-20-21(12-18)30-23(27-20)26-13-19(15-3-2-4-16(24)11-15)22(28)14-5-7-17(25)8-6-14/h2-12,19H,13H2,1H3,(H,26,27). The minimum atomic E-state index is -0.504. The third kappa shape index (κ3) is 4.45. The molecule has 1 N–H and O–H groups in total. The quantitative estimate of drug-likeness (QED) is 0.349. The fraction of sp³-hybridized carbons (Fsp3) is 0.130. The molecule has 30 heavy (non-hydrogen) atoms. The van der Waals surface area contributed by atoms with Crippen molar-refractivity contribution in [3.63, 3.8) is 0 Å². The van der Waals surface area contributed by atoms with Crippen molar-refractivity contribution >= 4 is 44.1 Å². The summed E-state index contributed by atoms with van der Waals surface area (Å²) < 4.78 is 19.5. The lowest BCUT2D eigenvalue weighted by Crippen LogP contribution is -2.21. The summed E-state index contributed by atoms with van der Waals surface area (Å²) >= 11 is 7.64. The second-order valence-corrected chi connectivity index (χ2v) is 8.18. The highest BCUT2D eigenvalue weighted by Crippen LogP contribution is 2.30. The highest BCUT2D eigenvalue weighted by Gasteiger charge is 2.23. The maximum Gasteiger partial charge on any atom is 0.183 e. The minimum absolute atomic E-state index is 0.118. The van der Waals surface area contributed by atoms with Crippen molar-refractivity contribution in [2.24, 2.45) is 0 Å². The zero-order chi connectivity index (χ0) is 21.1. The molecule has 1 atom stereocenters. The number of nitrogens with one attached hydrogen (secondary N) is 1. The van der Waals surface area contributed by atoms with Gasteiger partial charge in [0.2, 0.25) is 0 Å². The number of aromatic nitrogens is 1. The van der Waals surface area contributed by atoms with Gasteiger partial charge in [-0.05, 0) is 60.2 Å². The zero-order valence-electron chi connectivity index (χ0n) is 16.1. The summed E-state index contributed by atoms with van der Waals surface area (Å²) in [5.74, 6) is -0.238. The summed E-state index contributed by atoms with van der Waals surface area (Å²) in [6.07, 6.45) is 0. The van der Waals surface area contributed by atoms with Gasteiger partial charge in [-0.15, -0.1) is 0 Å². The van der Waals surface area contributed by atoms with Gasteiger partial charge in [0.05, 0.1) is 23.2 Å². The van der Waals surface area contributed by atoms with E-state index in [1.54, 1.807) is 19.2 Å². The third-order valence-corrected chi connectivity index (χ3v) is 5.96. The van der Waals surface area contributed by atoms with Crippen LogP contribution in [0.4, 0.5) is 9.52 Å². The van der Waals surface area contributed by atoms with Crippen LogP contribution in [0.3, 0.4) is 0 Å². The second kappa shape index (κ2) is 8.81. The first-order chi connectivity index (χ1) is 14.5. The van der Waals surface area contributed by atoms with E-state index >= 15 is 0 Å². The van der Waals surface area contributed by atoms with Crippen LogP contribution in [0.5, 0.6) is 5.75 Å². The number of Topliss-reactive ketones (excluding diaryl/α,β-unsaturated/α-hetero) is 1. The SMILES string of the molecule is COc1ccc2nc(NCC(C(=O)c3ccc(F)cc3)c3cccc(Cl)c3)sc2c1. The predicted octanol–water partition coefficient (Wildman–Crippen LogP) is 6.18. The van der Waals surface area contributed by atoms with Gasteiger partial charge >= 0.3 is 0 Å². The zero-order valence-corrected chi connectivity index (χ0v) is 17.6. The van der Waals surface area contributed by atoms with Crippen LogP contribution in [0.1, 0.15) is 21.8 Å². The number of fused-ring (bicyclic) bond motifs is 1. The van der Waals surface area contributed by atoms with E-state index in [0.29, 0.717) is 22.3 Å². The van der Waals surface area contributed by atoms with Crippen molar-refractivity contribution < 1.29 is 13.9 Å². The van der Waals surface area contributed by atoms with Gasteiger partial charge in [-0.2, -0.15) is 0 Å². The Balaban J connectivity index is 1.61. The Kier molecular flexibility index (Phi) is 5.97. The Hall–Kier alpha value is -2.96. The molecule has 0 spiro atoms. The first-order valence-corrected chi connectivity index (χ1v) is 10.5. The van der Waals surface area contributed by atoms with E-state index in [0.717, 1.165) is 21.5 Å². The molecular weight excluding hydrogens is 423 g/mol. The van der Waals surface area contributed by atoms with Gasteiger partial charge in [0.25, 0.3) is 0 Å². The number of nitrogens with zero attached hydrogens (tertiary/aromatic N) is 1. The van der Waals surface area contributed by atoms with Gasteiger partial charge < -0.3 is 10.1 Å². The summed E-state index contributed by atoms with van der Waals surface area (Å²) in [5.41, 5.74) is 2.08. The maximum absolute atomic E-state index is 13.3. The number of carbonyl (C=O) groups is 1. The lowest BCUT2D eigenvalue weighted by molar-refractivity contribution is 0.0964. The lowest BCUT2D eigenvalue weighted by atomic mass is 9.90. The molecule has 0 saturated carbocycles. The van der Waals surface area contributed by atoms with Gasteiger partial charge in [0, 0.05) is 17.1 Å². The molecule has 0 saturated heterocycles. The van der Waals surface area contributed by atoms with Crippen molar-refractivity contribution in [3.8, 4) is 5.75 Å². The smallest absolute Gasteiger partial charge is 0.183 e. The number of hydrogen-bond acceptors (Lipinski definition) is 5. The van der Waals surface area contributed by atoms with Crippen molar-refractivity contribution in [1.29, 1.82) is 0 Å². The number of ketones is 1. The Bertz CT molecular complexity index is 1190. The molecule has 1 unspecified atom stereocenters. The molecule has 7 heteroatoms. The molecule has 1 aromatic heterocycles. The van der Waals surface area contributed by atoms with Crippen molar-refractivity contribution in [3.05, 3.63) is 88.7 Å². The fourth-order valence-electron chi connectivity index (χ4n) is 3.20. The summed E-state index contributed by atoms with van der Waals surface area (Å²) in [7, 11) is 1.62. The first-order valence-electron chi connectivity index (χ1n) is 9.27. The van der Waals surface area contributed by atoms with Crippen LogP contribution in [-0.4, -0.2) is 24.4 Å². The van der Waals surface area contributed by atoms with Crippen LogP contribution in [0.25, 0.3) is 10.2 Å². The number of methoxy groups -OCH3 is 1. The van der Waals surface area contributed by atoms with Crippen LogP contribution >= 0.6 is 22.9 Å². The minimum Gasteiger partial charge on any atom is -0.497 e. The highest BCUT2D eigenvalue weighted by atomic mass is 35.5. The van der Waals surface area contributed by atoms with Crippen LogP contribution in [-0.2, 0) is 0 Å². The average Bonchev–Trinajstić information content (AvgIpc) is 3.16. The van der Waals surface area contributed by atoms with E-state index in [4.69, 9.17) is 16.3 Å². The van der Waals surface area contributed by atoms with Crippen molar-refractivity contribution in [2.75, 3.05) is 19.0 Å². The lowest BCUT2D eigenvalue weighted by Gasteiger charge is -2.17. The summed E-state index contributed by atoms with van der Waals surface area (Å²) in [6, 6.07) is 18.5. The number of carbonyl (C=O) groups excluding carboxylic acids is 1. The van der Waals surface area contributed by atoms with E-state index in [2.05, 4.69) is 10.3 Å². The number of rotatable bonds is 7. The maximum atomic E-state index is 13.3. The largest absolute Gasteiger partial charge is 0.497 e. The first kappa shape index (κ1) is 20.3. The molecule has 4 nitrogen and oxygen atoms in total.